The highest BCUT2D eigenvalue weighted by Crippen LogP contribution is 2.33. The van der Waals surface area contributed by atoms with Crippen LogP contribution < -0.4 is 0 Å². The van der Waals surface area contributed by atoms with Gasteiger partial charge in [-0.15, -0.1) is 0 Å². The van der Waals surface area contributed by atoms with Gasteiger partial charge in [0, 0.05) is 30.4 Å². The van der Waals surface area contributed by atoms with E-state index < -0.39 is 6.10 Å². The van der Waals surface area contributed by atoms with E-state index in [0.29, 0.717) is 36.8 Å². The quantitative estimate of drug-likeness (QED) is 0.524. The molecule has 5 rings (SSSR count). The molecule has 31 heavy (non-hydrogen) atoms. The minimum Gasteiger partial charge on any atom is -0.392 e. The van der Waals surface area contributed by atoms with Crippen molar-refractivity contribution >= 4 is 0 Å². The van der Waals surface area contributed by atoms with Crippen molar-refractivity contribution in [2.45, 2.75) is 25.1 Å². The molecule has 3 heterocycles. The topological polar surface area (TPSA) is 75.3 Å². The summed E-state index contributed by atoms with van der Waals surface area (Å²) in [7, 11) is 0. The maximum Gasteiger partial charge on any atom is 0.244 e. The zero-order chi connectivity index (χ0) is 21.2. The second-order valence-electron chi connectivity index (χ2n) is 7.71. The molecule has 0 aliphatic carbocycles. The van der Waals surface area contributed by atoms with Gasteiger partial charge in [-0.1, -0.05) is 35.5 Å². The van der Waals surface area contributed by atoms with E-state index in [9.17, 15) is 9.50 Å². The van der Waals surface area contributed by atoms with E-state index in [1.807, 2.05) is 18.2 Å². The molecular formula is C24H21FN4O2. The third kappa shape index (κ3) is 4.23. The van der Waals surface area contributed by atoms with Gasteiger partial charge in [0.05, 0.1) is 17.8 Å². The molecule has 1 aliphatic rings. The smallest absolute Gasteiger partial charge is 0.244 e. The summed E-state index contributed by atoms with van der Waals surface area (Å²) in [6.45, 7) is 1.18. The van der Waals surface area contributed by atoms with E-state index >= 15 is 0 Å². The van der Waals surface area contributed by atoms with Gasteiger partial charge in [-0.2, -0.15) is 4.98 Å². The summed E-state index contributed by atoms with van der Waals surface area (Å²) in [5, 5.41) is 14.3. The number of hydrogen-bond donors (Lipinski definition) is 1. The van der Waals surface area contributed by atoms with Crippen molar-refractivity contribution in [2.75, 3.05) is 6.54 Å². The van der Waals surface area contributed by atoms with Crippen molar-refractivity contribution < 1.29 is 14.0 Å². The number of aliphatic hydroxyl groups excluding tert-OH is 1. The highest BCUT2D eigenvalue weighted by molar-refractivity contribution is 5.59. The summed E-state index contributed by atoms with van der Waals surface area (Å²) in [5.41, 5.74) is 3.80. The van der Waals surface area contributed by atoms with Crippen molar-refractivity contribution in [3.63, 3.8) is 0 Å². The maximum atomic E-state index is 13.2. The molecule has 0 saturated carbocycles. The molecule has 2 aromatic heterocycles. The second kappa shape index (κ2) is 8.37. The van der Waals surface area contributed by atoms with E-state index in [2.05, 4.69) is 44.3 Å². The van der Waals surface area contributed by atoms with Crippen molar-refractivity contribution in [2.24, 2.45) is 0 Å². The monoisotopic (exact) mass is 416 g/mol. The normalized spacial score (nSPS) is 19.0. The third-order valence-electron chi connectivity index (χ3n) is 5.51. The average Bonchev–Trinajstić information content (AvgIpc) is 3.42. The number of β-amino-alcohol motifs (C(OH)–C–C–N with tert-alkyl or cyclic N) is 1. The van der Waals surface area contributed by atoms with Crippen LogP contribution in [0.3, 0.4) is 0 Å². The molecule has 2 aromatic carbocycles. The second-order valence-corrected chi connectivity index (χ2v) is 7.71. The van der Waals surface area contributed by atoms with Crippen LogP contribution in [-0.2, 0) is 6.54 Å². The maximum absolute atomic E-state index is 13.2. The van der Waals surface area contributed by atoms with E-state index in [4.69, 9.17) is 4.52 Å². The van der Waals surface area contributed by atoms with Gasteiger partial charge in [-0.3, -0.25) is 9.88 Å². The molecule has 1 aliphatic heterocycles. The van der Waals surface area contributed by atoms with Gasteiger partial charge in [-0.25, -0.2) is 4.39 Å². The first-order valence-corrected chi connectivity index (χ1v) is 10.2. The van der Waals surface area contributed by atoms with Crippen LogP contribution in [0.1, 0.15) is 23.9 Å². The lowest BCUT2D eigenvalue weighted by molar-refractivity contribution is 0.169. The first-order chi connectivity index (χ1) is 15.2. The number of benzene rings is 2. The van der Waals surface area contributed by atoms with Gasteiger partial charge < -0.3 is 9.63 Å². The van der Waals surface area contributed by atoms with Crippen LogP contribution in [-0.4, -0.2) is 37.8 Å². The molecule has 0 bridgehead atoms. The van der Waals surface area contributed by atoms with E-state index in [1.54, 1.807) is 18.3 Å². The summed E-state index contributed by atoms with van der Waals surface area (Å²) < 4.78 is 18.7. The number of nitrogens with zero attached hydrogens (tertiary/aromatic N) is 4. The first kappa shape index (κ1) is 19.5. The molecule has 2 unspecified atom stereocenters. The molecule has 7 heteroatoms. The Kier molecular flexibility index (Phi) is 5.28. The Bertz CT molecular complexity index is 1150. The van der Waals surface area contributed by atoms with Gasteiger partial charge in [0.15, 0.2) is 0 Å². The molecule has 156 valence electrons. The molecule has 1 fully saturated rings. The fourth-order valence-electron chi connectivity index (χ4n) is 3.95. The minimum atomic E-state index is -0.459. The van der Waals surface area contributed by atoms with Gasteiger partial charge >= 0.3 is 0 Å². The molecular weight excluding hydrogens is 395 g/mol. The van der Waals surface area contributed by atoms with Crippen LogP contribution in [0.5, 0.6) is 0 Å². The predicted octanol–water partition coefficient (Wildman–Crippen LogP) is 4.25. The molecule has 6 nitrogen and oxygen atoms in total. The zero-order valence-corrected chi connectivity index (χ0v) is 16.7. The molecule has 4 aromatic rings. The lowest BCUT2D eigenvalue weighted by Gasteiger charge is -2.21. The van der Waals surface area contributed by atoms with Crippen molar-refractivity contribution in [3.05, 3.63) is 90.2 Å². The van der Waals surface area contributed by atoms with Gasteiger partial charge in [-0.05, 0) is 48.4 Å². The molecule has 0 radical (unpaired) electrons. The minimum absolute atomic E-state index is 0.174. The van der Waals surface area contributed by atoms with Crippen LogP contribution in [0.15, 0.2) is 77.4 Å². The Morgan fingerprint density at radius 3 is 2.52 bits per heavy atom. The summed E-state index contributed by atoms with van der Waals surface area (Å²) in [5.74, 6) is 0.559. The average molecular weight is 416 g/mol. The lowest BCUT2D eigenvalue weighted by Crippen LogP contribution is -2.24. The van der Waals surface area contributed by atoms with Crippen LogP contribution in [0, 0.1) is 5.82 Å². The van der Waals surface area contributed by atoms with E-state index in [-0.39, 0.29) is 11.9 Å². The summed E-state index contributed by atoms with van der Waals surface area (Å²) in [4.78, 5) is 11.0. The summed E-state index contributed by atoms with van der Waals surface area (Å²) in [6, 6.07) is 19.9. The van der Waals surface area contributed by atoms with Gasteiger partial charge in [0.2, 0.25) is 11.7 Å². The lowest BCUT2D eigenvalue weighted by atomic mass is 10.1. The highest BCUT2D eigenvalue weighted by Gasteiger charge is 2.36. The number of hydrogen-bond acceptors (Lipinski definition) is 6. The largest absolute Gasteiger partial charge is 0.392 e. The van der Waals surface area contributed by atoms with E-state index in [0.717, 1.165) is 16.8 Å². The third-order valence-corrected chi connectivity index (χ3v) is 5.51. The summed E-state index contributed by atoms with van der Waals surface area (Å²) >= 11 is 0. The number of halogens is 1. The van der Waals surface area contributed by atoms with Crippen LogP contribution in [0.25, 0.3) is 22.6 Å². The summed E-state index contributed by atoms with van der Waals surface area (Å²) in [6.07, 6.45) is 1.85. The number of aliphatic hydroxyl groups is 1. The van der Waals surface area contributed by atoms with Crippen molar-refractivity contribution in [1.29, 1.82) is 0 Å². The molecule has 0 amide bonds. The van der Waals surface area contributed by atoms with Gasteiger partial charge in [0.1, 0.15) is 5.82 Å². The number of likely N-dealkylation sites (tertiary alicyclic amines) is 1. The Hall–Kier alpha value is -3.42. The van der Waals surface area contributed by atoms with Crippen molar-refractivity contribution in [3.8, 4) is 22.6 Å². The van der Waals surface area contributed by atoms with Gasteiger partial charge in [0.25, 0.3) is 0 Å². The Labute approximate surface area is 179 Å². The number of aromatic nitrogens is 3. The Morgan fingerprint density at radius 1 is 1.00 bits per heavy atom. The van der Waals surface area contributed by atoms with Crippen LogP contribution in [0.2, 0.25) is 0 Å². The number of rotatable bonds is 5. The SMILES string of the molecule is OC1CC(c2nc(-c3ccc(F)cc3)no2)N(Cc2ccc(-c3ccccn3)cc2)C1. The fraction of sp³-hybridized carbons (Fsp3) is 0.208. The van der Waals surface area contributed by atoms with E-state index in [1.165, 1.54) is 12.1 Å². The van der Waals surface area contributed by atoms with Crippen molar-refractivity contribution in [1.82, 2.24) is 20.0 Å². The fourth-order valence-corrected chi connectivity index (χ4v) is 3.95. The molecule has 2 atom stereocenters. The molecule has 1 saturated heterocycles. The molecule has 0 spiro atoms. The number of pyridine rings is 1. The highest BCUT2D eigenvalue weighted by atomic mass is 19.1. The predicted molar refractivity (Wildman–Crippen MR) is 113 cm³/mol. The van der Waals surface area contributed by atoms with Crippen LogP contribution >= 0.6 is 0 Å². The Balaban J connectivity index is 1.33. The Morgan fingerprint density at radius 2 is 1.77 bits per heavy atom. The molecule has 1 N–H and O–H groups in total. The van der Waals surface area contributed by atoms with Crippen LogP contribution in [0.4, 0.5) is 4.39 Å². The first-order valence-electron chi connectivity index (χ1n) is 10.2. The zero-order valence-electron chi connectivity index (χ0n) is 16.7. The standard InChI is InChI=1S/C24H21FN4O2/c25-19-10-8-18(9-11-19)23-27-24(31-28-23)22-13-20(30)15-29(22)14-16-4-6-17(7-5-16)21-3-1-2-12-26-21/h1-12,20,22,30H,13-15H2.